The van der Waals surface area contributed by atoms with Gasteiger partial charge in [0.2, 0.25) is 0 Å². The first-order valence-corrected chi connectivity index (χ1v) is 25.5. The van der Waals surface area contributed by atoms with Crippen molar-refractivity contribution in [2.75, 3.05) is 0 Å². The molecule has 372 valence electrons. The first kappa shape index (κ1) is 61.1. The first-order valence-electron chi connectivity index (χ1n) is 21.3. The average Bonchev–Trinajstić information content (AvgIpc) is 3.87. The molecule has 0 N–H and O–H groups in total. The fourth-order valence-electron chi connectivity index (χ4n) is 9.42. The first-order chi connectivity index (χ1) is 30.0. The van der Waals surface area contributed by atoms with Gasteiger partial charge in [-0.15, -0.1) is 92.9 Å². The molecule has 2 aliphatic rings. The molecule has 0 heterocycles. The molecule has 2 radical (unpaired) electrons. The van der Waals surface area contributed by atoms with Crippen LogP contribution in [0.15, 0.2) is 84.9 Å². The van der Waals surface area contributed by atoms with Crippen LogP contribution in [0.1, 0.15) is 109 Å². The molecule has 0 saturated heterocycles. The van der Waals surface area contributed by atoms with Gasteiger partial charge in [-0.2, -0.15) is 64.8 Å². The molecule has 6 aromatic rings. The van der Waals surface area contributed by atoms with Crippen molar-refractivity contribution in [3.05, 3.63) is 144 Å². The Hall–Kier alpha value is -3.06. The summed E-state index contributed by atoms with van der Waals surface area (Å²) in [5.74, 6) is 1.17. The van der Waals surface area contributed by atoms with Gasteiger partial charge >= 0.3 is 54.9 Å². The van der Waals surface area contributed by atoms with Crippen molar-refractivity contribution in [3.8, 4) is 22.3 Å². The van der Waals surface area contributed by atoms with Crippen molar-refractivity contribution in [1.82, 2.24) is 0 Å². The molecule has 0 spiro atoms. The number of aryl methyl sites for hydroxylation is 2. The van der Waals surface area contributed by atoms with Crippen LogP contribution in [-0.4, -0.2) is 6.88 Å². The van der Waals surface area contributed by atoms with E-state index in [9.17, 15) is 52.7 Å². The van der Waals surface area contributed by atoms with Crippen LogP contribution in [0.25, 0.3) is 43.8 Å². The van der Waals surface area contributed by atoms with Crippen molar-refractivity contribution >= 4 is 53.2 Å². The van der Waals surface area contributed by atoms with E-state index in [4.69, 9.17) is 0 Å². The molecule has 0 nitrogen and oxygen atoms in total. The molecule has 0 unspecified atom stereocenters. The molecule has 8 rings (SSSR count). The van der Waals surface area contributed by atoms with Gasteiger partial charge in [0, 0.05) is 0 Å². The van der Waals surface area contributed by atoms with Gasteiger partial charge in [0.05, 0.1) is 22.3 Å². The zero-order chi connectivity index (χ0) is 46.8. The topological polar surface area (TPSA) is 0 Å². The number of hydrogen-bond acceptors (Lipinski definition) is 0. The number of alkyl halides is 12. The molecule has 2 fully saturated rings. The number of hydrogen-bond donors (Lipinski definition) is 0. The van der Waals surface area contributed by atoms with Gasteiger partial charge in [-0.1, -0.05) is 101 Å². The Morgan fingerprint density at radius 1 is 0.456 bits per heavy atom. The van der Waals surface area contributed by atoms with Gasteiger partial charge in [0.25, 0.3) is 0 Å². The molecule has 2 saturated carbocycles. The van der Waals surface area contributed by atoms with E-state index in [2.05, 4.69) is 6.88 Å². The van der Waals surface area contributed by atoms with Crippen LogP contribution in [0.5, 0.6) is 0 Å². The summed E-state index contributed by atoms with van der Waals surface area (Å²) in [6.45, 7) is 6.88. The zero-order valence-electron chi connectivity index (χ0n) is 38.1. The Morgan fingerprint density at radius 2 is 0.735 bits per heavy atom. The van der Waals surface area contributed by atoms with E-state index in [1.165, 1.54) is 61.9 Å². The summed E-state index contributed by atoms with van der Waals surface area (Å²) in [6.07, 6.45) is -5.68. The Labute approximate surface area is 420 Å². The van der Waals surface area contributed by atoms with Crippen LogP contribution in [0.2, 0.25) is 0 Å². The van der Waals surface area contributed by atoms with E-state index in [1.54, 1.807) is 24.3 Å². The van der Waals surface area contributed by atoms with Gasteiger partial charge in [-0.05, 0) is 72.2 Å². The average molecular weight is 1100 g/mol. The molecule has 0 aliphatic heterocycles. The minimum atomic E-state index is -4.86. The van der Waals surface area contributed by atoms with Crippen LogP contribution in [0.3, 0.4) is 0 Å². The minimum absolute atomic E-state index is 0. The van der Waals surface area contributed by atoms with E-state index in [1.807, 2.05) is 38.1 Å². The van der Waals surface area contributed by atoms with Crippen LogP contribution in [0, 0.1) is 40.5 Å². The van der Waals surface area contributed by atoms with Gasteiger partial charge in [-0.3, -0.25) is 0 Å². The summed E-state index contributed by atoms with van der Waals surface area (Å²) in [6, 6.07) is 18.3. The summed E-state index contributed by atoms with van der Waals surface area (Å²) in [5, 5.41) is 3.18. The molecule has 0 bridgehead atoms. The van der Waals surface area contributed by atoms with Crippen LogP contribution >= 0.6 is 24.8 Å². The number of benzene rings is 4. The third-order valence-electron chi connectivity index (χ3n) is 12.6. The third kappa shape index (κ3) is 15.0. The van der Waals surface area contributed by atoms with Gasteiger partial charge < -0.3 is 14.9 Å². The summed E-state index contributed by atoms with van der Waals surface area (Å²) >= 11 is 1.36. The van der Waals surface area contributed by atoms with E-state index in [-0.39, 0.29) is 62.9 Å². The molecule has 6 aromatic carbocycles. The summed E-state index contributed by atoms with van der Waals surface area (Å²) in [5.41, 5.74) is -0.405. The molecule has 0 amide bonds. The van der Waals surface area contributed by atoms with Crippen molar-refractivity contribution in [2.45, 2.75) is 116 Å². The molecular weight excluding hydrogens is 1040 g/mol. The molecule has 2 aliphatic carbocycles. The van der Waals surface area contributed by atoms with Gasteiger partial charge in [0.15, 0.2) is 0 Å². The number of fused-ring (bicyclic) bond motifs is 2. The maximum absolute atomic E-state index is 13.3. The number of halogens is 14. The normalized spacial score (nSPS) is 14.8. The van der Waals surface area contributed by atoms with Crippen molar-refractivity contribution in [1.29, 1.82) is 0 Å². The summed E-state index contributed by atoms with van der Waals surface area (Å²) in [4.78, 5) is 0. The summed E-state index contributed by atoms with van der Waals surface area (Å²) in [7, 11) is 0. The van der Waals surface area contributed by atoms with Crippen LogP contribution < -0.4 is 0 Å². The Kier molecular flexibility index (Phi) is 22.3. The standard InChI is InChI=1S/2C25H23F6.2CH3.2ClH.Si.Zr/c2*1-15-7-8-21(18-12-19(24(26,27)28)14-20(13-18)25(29,30)31)23-11-17(10-22(15)23)9-16-5-3-2-4-6-16;;;;;;/h2*7-8,10-14,16H,2-6,9H2,1H3;2*1H3;2*1H;;/q4*-1;;;;. The molecule has 68 heavy (non-hydrogen) atoms. The van der Waals surface area contributed by atoms with Crippen molar-refractivity contribution < 1.29 is 76.0 Å². The predicted octanol–water partition coefficient (Wildman–Crippen LogP) is 18.7. The quantitative estimate of drug-likeness (QED) is 0.0886. The van der Waals surface area contributed by atoms with Crippen molar-refractivity contribution in [2.24, 2.45) is 11.8 Å². The van der Waals surface area contributed by atoms with E-state index in [0.29, 0.717) is 33.7 Å². The fraction of sp³-hybridized carbons (Fsp3) is 0.385. The second kappa shape index (κ2) is 24.9. The Balaban J connectivity index is 0.000000426. The third-order valence-corrected chi connectivity index (χ3v) is 12.6. The van der Waals surface area contributed by atoms with Crippen LogP contribution in [0.4, 0.5) is 52.7 Å². The van der Waals surface area contributed by atoms with E-state index < -0.39 is 47.0 Å². The van der Waals surface area contributed by atoms with Crippen LogP contribution in [-0.2, 0) is 60.9 Å². The Bertz CT molecular complexity index is 2310. The van der Waals surface area contributed by atoms with E-state index >= 15 is 0 Å². The monoisotopic (exact) mass is 1090 g/mol. The molecule has 0 atom stereocenters. The molecular formula is C52H54Cl2F12SiZr-4. The zero-order valence-corrected chi connectivity index (χ0v) is 43.2. The predicted molar refractivity (Wildman–Crippen MR) is 253 cm³/mol. The van der Waals surface area contributed by atoms with Gasteiger partial charge in [-0.25, -0.2) is 0 Å². The molecule has 0 aromatic heterocycles. The maximum atomic E-state index is 13.3. The Morgan fingerprint density at radius 3 is 1.00 bits per heavy atom. The second-order valence-electron chi connectivity index (χ2n) is 17.2. The molecule has 16 heteroatoms. The SMILES string of the molecule is Cc1ccc(-c2cc(C(F)(F)F)cc(C(F)(F)F)c2)c2cc(CC3CCCCC3)[cH-]c12.Cc1ccc(-c2cc(C(F)(F)F)cc(C(F)(F)F)c2)c2cc(CC3CCCCC3)[cH-]c12.Cl.Cl.[CH3-].[CH3-].[Si]=[Zr]. The van der Waals surface area contributed by atoms with Crippen molar-refractivity contribution in [3.63, 3.8) is 0 Å². The van der Waals surface area contributed by atoms with Gasteiger partial charge in [0.1, 0.15) is 0 Å². The second-order valence-corrected chi connectivity index (χ2v) is 17.2. The van der Waals surface area contributed by atoms with E-state index in [0.717, 1.165) is 95.8 Å². The summed E-state index contributed by atoms with van der Waals surface area (Å²) < 4.78 is 160. The number of rotatable bonds is 6. The fourth-order valence-corrected chi connectivity index (χ4v) is 9.42.